The lowest BCUT2D eigenvalue weighted by molar-refractivity contribution is -0.518. The lowest BCUT2D eigenvalue weighted by atomic mass is 10.1. The van der Waals surface area contributed by atoms with Gasteiger partial charge in [0.05, 0.1) is 13.1 Å². The fraction of sp³-hybridized carbons (Fsp3) is 0.947. The van der Waals surface area contributed by atoms with Gasteiger partial charge in [-0.3, -0.25) is 9.48 Å². The molecule has 0 aliphatic carbocycles. The minimum Gasteiger partial charge on any atom is -0.330 e. The Balaban J connectivity index is 1.96. The molecule has 0 saturated carbocycles. The third-order valence-electron chi connectivity index (χ3n) is 4.97. The summed E-state index contributed by atoms with van der Waals surface area (Å²) >= 11 is 0. The van der Waals surface area contributed by atoms with Crippen molar-refractivity contribution in [2.45, 2.75) is 84.5 Å². The fourth-order valence-corrected chi connectivity index (χ4v) is 3.38. The van der Waals surface area contributed by atoms with Crippen molar-refractivity contribution < 1.29 is 4.58 Å². The summed E-state index contributed by atoms with van der Waals surface area (Å²) in [6, 6.07) is 0. The van der Waals surface area contributed by atoms with Crippen LogP contribution in [0.4, 0.5) is 0 Å². The first-order valence-electron chi connectivity index (χ1n) is 9.83. The summed E-state index contributed by atoms with van der Waals surface area (Å²) in [5.41, 5.74) is 5.61. The molecule has 0 spiro atoms. The van der Waals surface area contributed by atoms with E-state index in [2.05, 4.69) is 23.3 Å². The van der Waals surface area contributed by atoms with E-state index in [0.29, 0.717) is 0 Å². The van der Waals surface area contributed by atoms with Crippen molar-refractivity contribution in [1.29, 1.82) is 0 Å². The smallest absolute Gasteiger partial charge is 0.243 e. The Morgan fingerprint density at radius 2 is 1.50 bits per heavy atom. The van der Waals surface area contributed by atoms with E-state index in [1.807, 2.05) is 0 Å². The number of hydrogen-bond donors (Lipinski definition) is 1. The fourth-order valence-electron chi connectivity index (χ4n) is 3.38. The molecular weight excluding hydrogens is 270 g/mol. The molecule has 0 aromatic heterocycles. The molecule has 3 nitrogen and oxygen atoms in total. The molecule has 22 heavy (non-hydrogen) atoms. The van der Waals surface area contributed by atoms with Crippen LogP contribution in [-0.2, 0) is 0 Å². The monoisotopic (exact) mass is 310 g/mol. The van der Waals surface area contributed by atoms with Crippen LogP contribution in [0.3, 0.4) is 0 Å². The molecule has 0 unspecified atom stereocenters. The van der Waals surface area contributed by atoms with Crippen LogP contribution in [-0.4, -0.2) is 48.0 Å². The minimum absolute atomic E-state index is 0.808. The van der Waals surface area contributed by atoms with Gasteiger partial charge in [0.1, 0.15) is 13.1 Å². The molecule has 0 amide bonds. The summed E-state index contributed by atoms with van der Waals surface area (Å²) in [6.45, 7) is 10.2. The van der Waals surface area contributed by atoms with Gasteiger partial charge in [-0.25, -0.2) is 0 Å². The summed E-state index contributed by atoms with van der Waals surface area (Å²) in [6.07, 6.45) is 15.3. The van der Waals surface area contributed by atoms with Crippen LogP contribution in [0.1, 0.15) is 84.5 Å². The summed E-state index contributed by atoms with van der Waals surface area (Å²) in [4.78, 5) is 2.57. The molecule has 2 N–H and O–H groups in total. The molecule has 1 aliphatic rings. The number of rotatable bonds is 14. The van der Waals surface area contributed by atoms with Gasteiger partial charge in [-0.05, 0) is 25.8 Å². The van der Waals surface area contributed by atoms with Gasteiger partial charge in [0, 0.05) is 6.92 Å². The molecule has 0 aromatic carbocycles. The SMILES string of the molecule is CCCCCCCCCCCCN1CC[N+](CCCN)=C1C. The number of amidine groups is 1. The van der Waals surface area contributed by atoms with Crippen molar-refractivity contribution in [3.63, 3.8) is 0 Å². The molecule has 1 heterocycles. The molecule has 0 aromatic rings. The van der Waals surface area contributed by atoms with Crippen molar-refractivity contribution in [3.05, 3.63) is 0 Å². The van der Waals surface area contributed by atoms with Crippen LogP contribution in [0.25, 0.3) is 0 Å². The first kappa shape index (κ1) is 19.5. The van der Waals surface area contributed by atoms with Gasteiger partial charge in [0.25, 0.3) is 0 Å². The standard InChI is InChI=1S/C19H40N3/c1-3-4-5-6-7-8-9-10-11-12-15-21-17-18-22(19(21)2)16-13-14-20/h3-18,20H2,1-2H3/q+1. The third-order valence-corrected chi connectivity index (χ3v) is 4.97. The maximum Gasteiger partial charge on any atom is 0.243 e. The van der Waals surface area contributed by atoms with E-state index in [1.54, 1.807) is 0 Å². The average Bonchev–Trinajstić information content (AvgIpc) is 2.87. The zero-order chi connectivity index (χ0) is 16.0. The Morgan fingerprint density at radius 1 is 0.909 bits per heavy atom. The molecule has 3 heteroatoms. The van der Waals surface area contributed by atoms with E-state index in [0.717, 1.165) is 19.5 Å². The Bertz CT molecular complexity index is 299. The van der Waals surface area contributed by atoms with E-state index in [4.69, 9.17) is 5.73 Å². The maximum atomic E-state index is 5.61. The van der Waals surface area contributed by atoms with Gasteiger partial charge < -0.3 is 5.73 Å². The third kappa shape index (κ3) is 8.17. The molecule has 0 saturated heterocycles. The van der Waals surface area contributed by atoms with E-state index < -0.39 is 0 Å². The number of nitrogens with two attached hydrogens (primary N) is 1. The molecule has 1 aliphatic heterocycles. The predicted molar refractivity (Wildman–Crippen MR) is 97.8 cm³/mol. The normalized spacial score (nSPS) is 15.1. The largest absolute Gasteiger partial charge is 0.330 e. The van der Waals surface area contributed by atoms with Crippen molar-refractivity contribution in [3.8, 4) is 0 Å². The highest BCUT2D eigenvalue weighted by Crippen LogP contribution is 2.11. The van der Waals surface area contributed by atoms with Crippen LogP contribution >= 0.6 is 0 Å². The topological polar surface area (TPSA) is 32.3 Å². The maximum absolute atomic E-state index is 5.61. The van der Waals surface area contributed by atoms with Crippen LogP contribution in [0, 0.1) is 0 Å². The molecule has 0 atom stereocenters. The van der Waals surface area contributed by atoms with E-state index in [-0.39, 0.29) is 0 Å². The van der Waals surface area contributed by atoms with Gasteiger partial charge in [-0.1, -0.05) is 58.3 Å². The lowest BCUT2D eigenvalue weighted by Crippen LogP contribution is -2.28. The number of nitrogens with zero attached hydrogens (tertiary/aromatic N) is 2. The molecule has 0 fully saturated rings. The van der Waals surface area contributed by atoms with Gasteiger partial charge in [0.15, 0.2) is 0 Å². The van der Waals surface area contributed by atoms with Crippen LogP contribution in [0.5, 0.6) is 0 Å². The van der Waals surface area contributed by atoms with Gasteiger partial charge >= 0.3 is 0 Å². The molecule has 0 radical (unpaired) electrons. The van der Waals surface area contributed by atoms with Crippen LogP contribution < -0.4 is 5.73 Å². The van der Waals surface area contributed by atoms with Gasteiger partial charge in [-0.15, -0.1) is 0 Å². The van der Waals surface area contributed by atoms with Gasteiger partial charge in [-0.2, -0.15) is 0 Å². The molecular formula is C19H40N3+. The second kappa shape index (κ2) is 12.9. The Kier molecular flexibility index (Phi) is 11.4. The van der Waals surface area contributed by atoms with Crippen molar-refractivity contribution >= 4 is 5.84 Å². The highest BCUT2D eigenvalue weighted by atomic mass is 15.3. The average molecular weight is 311 g/mol. The Morgan fingerprint density at radius 3 is 2.09 bits per heavy atom. The number of unbranched alkanes of at least 4 members (excludes halogenated alkanes) is 9. The zero-order valence-corrected chi connectivity index (χ0v) is 15.3. The number of hydrogen-bond acceptors (Lipinski definition) is 2. The molecule has 130 valence electrons. The van der Waals surface area contributed by atoms with E-state index in [9.17, 15) is 0 Å². The van der Waals surface area contributed by atoms with E-state index in [1.165, 1.54) is 89.7 Å². The summed E-state index contributed by atoms with van der Waals surface area (Å²) < 4.78 is 2.50. The second-order valence-electron chi connectivity index (χ2n) is 6.85. The second-order valence-corrected chi connectivity index (χ2v) is 6.85. The van der Waals surface area contributed by atoms with Crippen molar-refractivity contribution in [2.75, 3.05) is 32.7 Å². The van der Waals surface area contributed by atoms with Crippen LogP contribution in [0.15, 0.2) is 0 Å². The Labute approximate surface area is 139 Å². The Hall–Kier alpha value is -0.570. The summed E-state index contributed by atoms with van der Waals surface area (Å²) in [5, 5.41) is 0. The highest BCUT2D eigenvalue weighted by Gasteiger charge is 2.25. The quantitative estimate of drug-likeness (QED) is 0.388. The first-order valence-corrected chi connectivity index (χ1v) is 9.83. The highest BCUT2D eigenvalue weighted by molar-refractivity contribution is 5.75. The minimum atomic E-state index is 0.808. The lowest BCUT2D eigenvalue weighted by Gasteiger charge is -2.10. The summed E-state index contributed by atoms with van der Waals surface area (Å²) in [7, 11) is 0. The van der Waals surface area contributed by atoms with Crippen molar-refractivity contribution in [2.24, 2.45) is 5.73 Å². The van der Waals surface area contributed by atoms with Crippen molar-refractivity contribution in [1.82, 2.24) is 4.90 Å². The predicted octanol–water partition coefficient (Wildman–Crippen LogP) is 4.00. The van der Waals surface area contributed by atoms with Crippen LogP contribution in [0.2, 0.25) is 0 Å². The van der Waals surface area contributed by atoms with Gasteiger partial charge in [0.2, 0.25) is 5.84 Å². The van der Waals surface area contributed by atoms with E-state index >= 15 is 0 Å². The molecule has 1 rings (SSSR count). The zero-order valence-electron chi connectivity index (χ0n) is 15.3. The molecule has 0 bridgehead atoms. The first-order chi connectivity index (χ1) is 10.8. The summed E-state index contributed by atoms with van der Waals surface area (Å²) in [5.74, 6) is 1.48.